The van der Waals surface area contributed by atoms with Crippen molar-refractivity contribution in [1.82, 2.24) is 4.90 Å². The van der Waals surface area contributed by atoms with E-state index < -0.39 is 0 Å². The molecular formula is C16H26N2O. The molecule has 1 N–H and O–H groups in total. The number of nitrogens with zero attached hydrogens (tertiary/aromatic N) is 1. The van der Waals surface area contributed by atoms with Crippen molar-refractivity contribution in [2.75, 3.05) is 38.6 Å². The van der Waals surface area contributed by atoms with E-state index in [1.807, 2.05) is 0 Å². The molecule has 0 bridgehead atoms. The summed E-state index contributed by atoms with van der Waals surface area (Å²) < 4.78 is 5.77. The predicted octanol–water partition coefficient (Wildman–Crippen LogP) is 2.91. The summed E-state index contributed by atoms with van der Waals surface area (Å²) in [5.74, 6) is 0. The van der Waals surface area contributed by atoms with Crippen molar-refractivity contribution in [3.63, 3.8) is 0 Å². The monoisotopic (exact) mass is 262 g/mol. The Balaban J connectivity index is 1.64. The van der Waals surface area contributed by atoms with Crippen LogP contribution in [0.5, 0.6) is 0 Å². The Bertz CT molecular complexity index is 375. The molecule has 106 valence electrons. The van der Waals surface area contributed by atoms with Gasteiger partial charge in [0.1, 0.15) is 0 Å². The van der Waals surface area contributed by atoms with Crippen LogP contribution in [0.15, 0.2) is 24.3 Å². The second kappa shape index (κ2) is 7.51. The van der Waals surface area contributed by atoms with E-state index in [1.54, 1.807) is 0 Å². The molecule has 0 aromatic heterocycles. The lowest BCUT2D eigenvalue weighted by Gasteiger charge is -2.27. The minimum atomic E-state index is 0.442. The number of hydrogen-bond acceptors (Lipinski definition) is 3. The molecule has 1 aliphatic rings. The van der Waals surface area contributed by atoms with Gasteiger partial charge >= 0.3 is 0 Å². The van der Waals surface area contributed by atoms with Gasteiger partial charge in [-0.25, -0.2) is 0 Å². The summed E-state index contributed by atoms with van der Waals surface area (Å²) in [5, 5.41) is 3.47. The van der Waals surface area contributed by atoms with Gasteiger partial charge in [0.2, 0.25) is 0 Å². The van der Waals surface area contributed by atoms with Gasteiger partial charge in [-0.1, -0.05) is 12.1 Å². The number of nitrogens with one attached hydrogen (secondary N) is 1. The van der Waals surface area contributed by atoms with E-state index in [-0.39, 0.29) is 0 Å². The molecule has 1 heterocycles. The average Bonchev–Trinajstić information content (AvgIpc) is 2.40. The van der Waals surface area contributed by atoms with Crippen LogP contribution in [0.2, 0.25) is 0 Å². The molecule has 3 nitrogen and oxygen atoms in total. The van der Waals surface area contributed by atoms with E-state index >= 15 is 0 Å². The lowest BCUT2D eigenvalue weighted by atomic mass is 10.1. The summed E-state index contributed by atoms with van der Waals surface area (Å²) in [6, 6.07) is 8.52. The van der Waals surface area contributed by atoms with Crippen LogP contribution in [0.3, 0.4) is 0 Å². The highest BCUT2D eigenvalue weighted by Crippen LogP contribution is 2.13. The summed E-state index contributed by atoms with van der Waals surface area (Å²) in [7, 11) is 2.18. The van der Waals surface area contributed by atoms with Gasteiger partial charge in [-0.3, -0.25) is 0 Å². The first-order valence-electron chi connectivity index (χ1n) is 7.35. The van der Waals surface area contributed by atoms with Crippen LogP contribution >= 0.6 is 0 Å². The zero-order valence-electron chi connectivity index (χ0n) is 12.2. The van der Waals surface area contributed by atoms with E-state index in [0.29, 0.717) is 6.10 Å². The van der Waals surface area contributed by atoms with E-state index in [9.17, 15) is 0 Å². The molecule has 3 heteroatoms. The summed E-state index contributed by atoms with van der Waals surface area (Å²) in [6.07, 6.45) is 4.21. The number of aryl methyl sites for hydroxylation is 1. The Hall–Kier alpha value is -1.06. The minimum absolute atomic E-state index is 0.442. The Morgan fingerprint density at radius 3 is 3.00 bits per heavy atom. The normalized spacial score (nSPS) is 19.6. The van der Waals surface area contributed by atoms with Crippen LogP contribution in [0.4, 0.5) is 5.69 Å². The zero-order chi connectivity index (χ0) is 13.5. The number of ether oxygens (including phenoxy) is 1. The fourth-order valence-electron chi connectivity index (χ4n) is 2.54. The van der Waals surface area contributed by atoms with Crippen molar-refractivity contribution in [3.8, 4) is 0 Å². The first-order valence-corrected chi connectivity index (χ1v) is 7.35. The maximum atomic E-state index is 5.77. The molecule has 19 heavy (non-hydrogen) atoms. The van der Waals surface area contributed by atoms with Crippen LogP contribution in [-0.2, 0) is 4.74 Å². The SMILES string of the molecule is Cc1cccc(NCCN(C)CC2CCCCO2)c1. The van der Waals surface area contributed by atoms with Gasteiger partial charge in [-0.15, -0.1) is 0 Å². The highest BCUT2D eigenvalue weighted by molar-refractivity contribution is 5.45. The molecule has 1 saturated heterocycles. The quantitative estimate of drug-likeness (QED) is 0.853. The highest BCUT2D eigenvalue weighted by Gasteiger charge is 2.15. The maximum Gasteiger partial charge on any atom is 0.0701 e. The summed E-state index contributed by atoms with van der Waals surface area (Å²) in [5.41, 5.74) is 2.51. The van der Waals surface area contributed by atoms with Crippen molar-refractivity contribution in [2.45, 2.75) is 32.3 Å². The molecule has 1 aromatic rings. The third kappa shape index (κ3) is 5.21. The molecule has 1 atom stereocenters. The lowest BCUT2D eigenvalue weighted by molar-refractivity contribution is -0.000835. The van der Waals surface area contributed by atoms with Crippen molar-refractivity contribution in [2.24, 2.45) is 0 Å². The number of likely N-dealkylation sites (N-methyl/N-ethyl adjacent to an activating group) is 1. The third-order valence-corrected chi connectivity index (χ3v) is 3.63. The van der Waals surface area contributed by atoms with Gasteiger partial charge < -0.3 is 15.0 Å². The highest BCUT2D eigenvalue weighted by atomic mass is 16.5. The van der Waals surface area contributed by atoms with E-state index in [1.165, 1.54) is 30.5 Å². The van der Waals surface area contributed by atoms with Gasteiger partial charge in [0.05, 0.1) is 6.10 Å². The molecule has 1 aliphatic heterocycles. The molecule has 0 radical (unpaired) electrons. The average molecular weight is 262 g/mol. The topological polar surface area (TPSA) is 24.5 Å². The smallest absolute Gasteiger partial charge is 0.0701 e. The van der Waals surface area contributed by atoms with Crippen molar-refractivity contribution >= 4 is 5.69 Å². The lowest BCUT2D eigenvalue weighted by Crippen LogP contribution is -2.35. The standard InChI is InChI=1S/C16H26N2O/c1-14-6-5-7-15(12-14)17-9-10-18(2)13-16-8-3-4-11-19-16/h5-7,12,16-17H,3-4,8-11,13H2,1-2H3. The van der Waals surface area contributed by atoms with Crippen molar-refractivity contribution < 1.29 is 4.74 Å². The van der Waals surface area contributed by atoms with Gasteiger partial charge in [0, 0.05) is 31.9 Å². The Labute approximate surface area is 116 Å². The number of hydrogen-bond donors (Lipinski definition) is 1. The van der Waals surface area contributed by atoms with E-state index in [4.69, 9.17) is 4.74 Å². The van der Waals surface area contributed by atoms with Crippen molar-refractivity contribution in [1.29, 1.82) is 0 Å². The second-order valence-electron chi connectivity index (χ2n) is 5.55. The van der Waals surface area contributed by atoms with Gasteiger partial charge in [-0.05, 0) is 50.9 Å². The fraction of sp³-hybridized carbons (Fsp3) is 0.625. The van der Waals surface area contributed by atoms with Gasteiger partial charge in [-0.2, -0.15) is 0 Å². The Kier molecular flexibility index (Phi) is 5.67. The largest absolute Gasteiger partial charge is 0.384 e. The third-order valence-electron chi connectivity index (χ3n) is 3.63. The molecule has 1 unspecified atom stereocenters. The van der Waals surface area contributed by atoms with Crippen LogP contribution in [0, 0.1) is 6.92 Å². The molecule has 0 amide bonds. The molecule has 2 rings (SSSR count). The molecular weight excluding hydrogens is 236 g/mol. The Morgan fingerprint density at radius 1 is 1.37 bits per heavy atom. The summed E-state index contributed by atoms with van der Waals surface area (Å²) in [4.78, 5) is 2.36. The summed E-state index contributed by atoms with van der Waals surface area (Å²) >= 11 is 0. The van der Waals surface area contributed by atoms with Gasteiger partial charge in [0.15, 0.2) is 0 Å². The number of anilines is 1. The molecule has 1 fully saturated rings. The minimum Gasteiger partial charge on any atom is -0.384 e. The molecule has 0 spiro atoms. The van der Waals surface area contributed by atoms with Crippen molar-refractivity contribution in [3.05, 3.63) is 29.8 Å². The first kappa shape index (κ1) is 14.4. The maximum absolute atomic E-state index is 5.77. The molecule has 0 saturated carbocycles. The zero-order valence-corrected chi connectivity index (χ0v) is 12.2. The van der Waals surface area contributed by atoms with Crippen LogP contribution in [0.1, 0.15) is 24.8 Å². The van der Waals surface area contributed by atoms with E-state index in [2.05, 4.69) is 48.5 Å². The van der Waals surface area contributed by atoms with E-state index in [0.717, 1.165) is 26.2 Å². The molecule has 0 aliphatic carbocycles. The Morgan fingerprint density at radius 2 is 2.26 bits per heavy atom. The van der Waals surface area contributed by atoms with Crippen LogP contribution in [-0.4, -0.2) is 44.3 Å². The predicted molar refractivity (Wildman–Crippen MR) is 80.8 cm³/mol. The van der Waals surface area contributed by atoms with Crippen LogP contribution in [0.25, 0.3) is 0 Å². The number of rotatable bonds is 6. The molecule has 1 aromatic carbocycles. The first-order chi connectivity index (χ1) is 9.24. The van der Waals surface area contributed by atoms with Crippen LogP contribution < -0.4 is 5.32 Å². The fourth-order valence-corrected chi connectivity index (χ4v) is 2.54. The summed E-state index contributed by atoms with van der Waals surface area (Å²) in [6.45, 7) is 6.15. The van der Waals surface area contributed by atoms with Gasteiger partial charge in [0.25, 0.3) is 0 Å². The second-order valence-corrected chi connectivity index (χ2v) is 5.55. The number of benzene rings is 1.